The van der Waals surface area contributed by atoms with Crippen molar-refractivity contribution in [1.29, 1.82) is 0 Å². The molecule has 23 heavy (non-hydrogen) atoms. The number of nitrogens with one attached hydrogen (secondary N) is 1. The monoisotopic (exact) mass is 321 g/mol. The van der Waals surface area contributed by atoms with Crippen molar-refractivity contribution in [3.63, 3.8) is 0 Å². The fourth-order valence-corrected chi connectivity index (χ4v) is 2.34. The zero-order valence-electron chi connectivity index (χ0n) is 14.2. The van der Waals surface area contributed by atoms with Gasteiger partial charge in [0, 0.05) is 12.6 Å². The number of amides is 2. The molecule has 0 radical (unpaired) electrons. The van der Waals surface area contributed by atoms with Crippen LogP contribution in [0.4, 0.5) is 0 Å². The third kappa shape index (κ3) is 7.15. The molecule has 0 saturated heterocycles. The van der Waals surface area contributed by atoms with E-state index in [0.717, 1.165) is 18.7 Å². The summed E-state index contributed by atoms with van der Waals surface area (Å²) in [6.45, 7) is 8.79. The molecule has 1 aromatic carbocycles. The number of nitrogens with two attached hydrogens (primary N) is 1. The van der Waals surface area contributed by atoms with E-state index in [4.69, 9.17) is 10.5 Å². The lowest BCUT2D eigenvalue weighted by molar-refractivity contribution is -0.123. The molecule has 0 aromatic heterocycles. The minimum atomic E-state index is -0.375. The minimum Gasteiger partial charge on any atom is -0.484 e. The zero-order chi connectivity index (χ0) is 17.2. The van der Waals surface area contributed by atoms with Gasteiger partial charge in [-0.2, -0.15) is 0 Å². The molecule has 0 aliphatic carbocycles. The number of benzene rings is 1. The molecule has 0 heterocycles. The number of carbonyl (C=O) groups excluding carboxylic acids is 2. The first kappa shape index (κ1) is 19.0. The lowest BCUT2D eigenvalue weighted by Gasteiger charge is -2.26. The number of rotatable bonds is 10. The van der Waals surface area contributed by atoms with E-state index in [0.29, 0.717) is 18.3 Å². The third-order valence-electron chi connectivity index (χ3n) is 3.70. The smallest absolute Gasteiger partial charge is 0.257 e. The molecule has 2 amide bonds. The van der Waals surface area contributed by atoms with Crippen molar-refractivity contribution >= 4 is 11.8 Å². The van der Waals surface area contributed by atoms with Crippen LogP contribution in [0.25, 0.3) is 0 Å². The summed E-state index contributed by atoms with van der Waals surface area (Å²) in [5.74, 6) is 0.0655. The summed E-state index contributed by atoms with van der Waals surface area (Å²) in [5.41, 5.74) is 5.95. The maximum absolute atomic E-state index is 11.8. The van der Waals surface area contributed by atoms with Crippen LogP contribution < -0.4 is 15.8 Å². The number of primary amides is 1. The molecule has 1 aromatic rings. The van der Waals surface area contributed by atoms with Gasteiger partial charge < -0.3 is 15.8 Å². The van der Waals surface area contributed by atoms with Gasteiger partial charge in [-0.05, 0) is 37.7 Å². The maximum atomic E-state index is 11.8. The molecular weight excluding hydrogens is 294 g/mol. The van der Waals surface area contributed by atoms with Crippen LogP contribution in [-0.2, 0) is 16.0 Å². The van der Waals surface area contributed by atoms with Crippen LogP contribution in [0.5, 0.6) is 5.75 Å². The van der Waals surface area contributed by atoms with Gasteiger partial charge in [0.25, 0.3) is 5.91 Å². The Labute approximate surface area is 138 Å². The predicted molar refractivity (Wildman–Crippen MR) is 90.2 cm³/mol. The third-order valence-corrected chi connectivity index (χ3v) is 3.70. The van der Waals surface area contributed by atoms with Gasteiger partial charge in [0.15, 0.2) is 6.61 Å². The second-order valence-corrected chi connectivity index (χ2v) is 5.45. The highest BCUT2D eigenvalue weighted by atomic mass is 16.5. The highest BCUT2D eigenvalue weighted by molar-refractivity contribution is 5.77. The molecule has 0 spiro atoms. The molecule has 0 saturated carbocycles. The van der Waals surface area contributed by atoms with E-state index < -0.39 is 0 Å². The summed E-state index contributed by atoms with van der Waals surface area (Å²) >= 11 is 0. The van der Waals surface area contributed by atoms with Crippen LogP contribution in [-0.4, -0.2) is 49.0 Å². The van der Waals surface area contributed by atoms with Gasteiger partial charge in [-0.1, -0.05) is 26.0 Å². The molecule has 128 valence electrons. The Balaban J connectivity index is 2.34. The summed E-state index contributed by atoms with van der Waals surface area (Å²) in [4.78, 5) is 24.9. The van der Waals surface area contributed by atoms with E-state index in [9.17, 15) is 9.59 Å². The Kier molecular flexibility index (Phi) is 8.11. The second kappa shape index (κ2) is 9.84. The molecule has 0 fully saturated rings. The highest BCUT2D eigenvalue weighted by Crippen LogP contribution is 2.12. The van der Waals surface area contributed by atoms with Crippen molar-refractivity contribution in [1.82, 2.24) is 10.2 Å². The van der Waals surface area contributed by atoms with Crippen LogP contribution in [0.1, 0.15) is 26.3 Å². The van der Waals surface area contributed by atoms with Crippen LogP contribution in [0.15, 0.2) is 24.3 Å². The van der Waals surface area contributed by atoms with Gasteiger partial charge in [-0.25, -0.2) is 0 Å². The first-order chi connectivity index (χ1) is 11.0. The maximum Gasteiger partial charge on any atom is 0.257 e. The van der Waals surface area contributed by atoms with Crippen molar-refractivity contribution in [2.45, 2.75) is 33.2 Å². The van der Waals surface area contributed by atoms with Gasteiger partial charge in [-0.3, -0.25) is 14.5 Å². The SMILES string of the molecule is CCN(CC)C(C)CNC(=O)COc1ccc(CC(N)=O)cc1. The van der Waals surface area contributed by atoms with Crippen molar-refractivity contribution in [2.24, 2.45) is 5.73 Å². The molecule has 0 aliphatic rings. The van der Waals surface area contributed by atoms with E-state index >= 15 is 0 Å². The molecule has 0 bridgehead atoms. The number of ether oxygens (including phenoxy) is 1. The lowest BCUT2D eigenvalue weighted by Crippen LogP contribution is -2.43. The lowest BCUT2D eigenvalue weighted by atomic mass is 10.1. The Bertz CT molecular complexity index is 498. The number of hydrogen-bond acceptors (Lipinski definition) is 4. The van der Waals surface area contributed by atoms with Gasteiger partial charge in [-0.15, -0.1) is 0 Å². The zero-order valence-corrected chi connectivity index (χ0v) is 14.2. The standard InChI is InChI=1S/C17H27N3O3/c1-4-20(5-2)13(3)11-19-17(22)12-23-15-8-6-14(7-9-15)10-16(18)21/h6-9,13H,4-5,10-12H2,1-3H3,(H2,18,21)(H,19,22). The summed E-state index contributed by atoms with van der Waals surface area (Å²) in [6, 6.07) is 7.27. The average molecular weight is 321 g/mol. The van der Waals surface area contributed by atoms with E-state index in [1.807, 2.05) is 0 Å². The topological polar surface area (TPSA) is 84.7 Å². The molecule has 6 heteroatoms. The Hall–Kier alpha value is -2.08. The predicted octanol–water partition coefficient (Wildman–Crippen LogP) is 0.940. The van der Waals surface area contributed by atoms with E-state index in [1.54, 1.807) is 24.3 Å². The second-order valence-electron chi connectivity index (χ2n) is 5.45. The average Bonchev–Trinajstić information content (AvgIpc) is 2.53. The number of carbonyl (C=O) groups is 2. The first-order valence-corrected chi connectivity index (χ1v) is 7.97. The fraction of sp³-hybridized carbons (Fsp3) is 0.529. The van der Waals surface area contributed by atoms with Crippen molar-refractivity contribution in [3.05, 3.63) is 29.8 Å². The molecular formula is C17H27N3O3. The van der Waals surface area contributed by atoms with Crippen LogP contribution in [0.3, 0.4) is 0 Å². The van der Waals surface area contributed by atoms with Crippen LogP contribution >= 0.6 is 0 Å². The Morgan fingerprint density at radius 2 is 1.83 bits per heavy atom. The normalized spacial score (nSPS) is 12.0. The Morgan fingerprint density at radius 3 is 2.35 bits per heavy atom. The van der Waals surface area contributed by atoms with Gasteiger partial charge >= 0.3 is 0 Å². The van der Waals surface area contributed by atoms with Gasteiger partial charge in [0.2, 0.25) is 5.91 Å². The molecule has 1 atom stereocenters. The first-order valence-electron chi connectivity index (χ1n) is 7.97. The van der Waals surface area contributed by atoms with Gasteiger partial charge in [0.05, 0.1) is 6.42 Å². The number of nitrogens with zero attached hydrogens (tertiary/aromatic N) is 1. The quantitative estimate of drug-likeness (QED) is 0.672. The fourth-order valence-electron chi connectivity index (χ4n) is 2.34. The molecule has 6 nitrogen and oxygen atoms in total. The minimum absolute atomic E-state index is 0.0276. The summed E-state index contributed by atoms with van der Waals surface area (Å²) in [5, 5.41) is 2.87. The summed E-state index contributed by atoms with van der Waals surface area (Å²) in [6.07, 6.45) is 0.198. The van der Waals surface area contributed by atoms with E-state index in [2.05, 4.69) is 31.0 Å². The van der Waals surface area contributed by atoms with Crippen molar-refractivity contribution in [2.75, 3.05) is 26.2 Å². The molecule has 1 rings (SSSR count). The van der Waals surface area contributed by atoms with E-state index in [-0.39, 0.29) is 24.8 Å². The Morgan fingerprint density at radius 1 is 1.22 bits per heavy atom. The summed E-state index contributed by atoms with van der Waals surface area (Å²) < 4.78 is 5.43. The molecule has 3 N–H and O–H groups in total. The molecule has 0 aliphatic heterocycles. The van der Waals surface area contributed by atoms with E-state index in [1.165, 1.54) is 0 Å². The highest BCUT2D eigenvalue weighted by Gasteiger charge is 2.11. The van der Waals surface area contributed by atoms with Crippen LogP contribution in [0, 0.1) is 0 Å². The number of likely N-dealkylation sites (N-methyl/N-ethyl adjacent to an activating group) is 1. The van der Waals surface area contributed by atoms with Crippen molar-refractivity contribution < 1.29 is 14.3 Å². The number of hydrogen-bond donors (Lipinski definition) is 2. The van der Waals surface area contributed by atoms with Gasteiger partial charge in [0.1, 0.15) is 5.75 Å². The van der Waals surface area contributed by atoms with Crippen LogP contribution in [0.2, 0.25) is 0 Å². The van der Waals surface area contributed by atoms with Crippen molar-refractivity contribution in [3.8, 4) is 5.75 Å². The largest absolute Gasteiger partial charge is 0.484 e. The summed E-state index contributed by atoms with van der Waals surface area (Å²) in [7, 11) is 0. The molecule has 1 unspecified atom stereocenters.